The highest BCUT2D eigenvalue weighted by Crippen LogP contribution is 2.41. The zero-order valence-corrected chi connectivity index (χ0v) is 24.3. The quantitative estimate of drug-likeness (QED) is 0.205. The van der Waals surface area contributed by atoms with Crippen LogP contribution >= 0.6 is 23.2 Å². The SMILES string of the molecule is CCOc1ncc(Cl)cc1S(=O)(=O)N1C[C@H](CCC(=O)OC)Oc2ccc(/C=C(\C)c3c(F)cccc3Cl)cc21. The predicted octanol–water partition coefficient (Wildman–Crippen LogP) is 6.40. The molecule has 2 heterocycles. The van der Waals surface area contributed by atoms with E-state index in [4.69, 9.17) is 37.4 Å². The Labute approximate surface area is 242 Å². The third-order valence-corrected chi connectivity index (χ3v) is 8.48. The molecule has 0 radical (unpaired) electrons. The minimum absolute atomic E-state index is 0.0384. The summed E-state index contributed by atoms with van der Waals surface area (Å²) in [5, 5.41) is 0.372. The number of allylic oxidation sites excluding steroid dienone is 1. The summed E-state index contributed by atoms with van der Waals surface area (Å²) in [6.45, 7) is 3.51. The van der Waals surface area contributed by atoms with Gasteiger partial charge < -0.3 is 14.2 Å². The molecule has 1 aliphatic heterocycles. The van der Waals surface area contributed by atoms with E-state index in [1.54, 1.807) is 44.2 Å². The molecule has 40 heavy (non-hydrogen) atoms. The Morgan fingerprint density at radius 1 is 1.25 bits per heavy atom. The van der Waals surface area contributed by atoms with Crippen molar-refractivity contribution in [2.75, 3.05) is 24.6 Å². The third-order valence-electron chi connectivity index (χ3n) is 6.19. The van der Waals surface area contributed by atoms with Crippen molar-refractivity contribution in [3.05, 3.63) is 75.7 Å². The van der Waals surface area contributed by atoms with Crippen LogP contribution in [0.25, 0.3) is 11.6 Å². The average Bonchev–Trinajstić information content (AvgIpc) is 2.92. The first-order valence-corrected chi connectivity index (χ1v) is 14.6. The molecule has 8 nitrogen and oxygen atoms in total. The monoisotopic (exact) mass is 608 g/mol. The van der Waals surface area contributed by atoms with Crippen molar-refractivity contribution in [1.29, 1.82) is 0 Å². The Kier molecular flexibility index (Phi) is 9.22. The van der Waals surface area contributed by atoms with E-state index < -0.39 is 27.9 Å². The third kappa shape index (κ3) is 6.35. The van der Waals surface area contributed by atoms with E-state index in [1.807, 2.05) is 0 Å². The predicted molar refractivity (Wildman–Crippen MR) is 152 cm³/mol. The lowest BCUT2D eigenvalue weighted by Crippen LogP contribution is -2.44. The highest BCUT2D eigenvalue weighted by atomic mass is 35.5. The first-order chi connectivity index (χ1) is 19.0. The van der Waals surface area contributed by atoms with Gasteiger partial charge in [0.05, 0.1) is 36.0 Å². The number of methoxy groups -OCH3 is 1. The van der Waals surface area contributed by atoms with Gasteiger partial charge in [0.1, 0.15) is 17.7 Å². The van der Waals surface area contributed by atoms with Gasteiger partial charge in [-0.1, -0.05) is 41.4 Å². The molecule has 3 aromatic rings. The number of anilines is 1. The number of carbonyl (C=O) groups is 1. The Morgan fingerprint density at radius 3 is 2.73 bits per heavy atom. The zero-order chi connectivity index (χ0) is 29.0. The minimum Gasteiger partial charge on any atom is -0.486 e. The van der Waals surface area contributed by atoms with Gasteiger partial charge in [-0.2, -0.15) is 0 Å². The summed E-state index contributed by atoms with van der Waals surface area (Å²) >= 11 is 12.4. The van der Waals surface area contributed by atoms with Crippen LogP contribution in [0.1, 0.15) is 37.8 Å². The lowest BCUT2D eigenvalue weighted by atomic mass is 10.0. The van der Waals surface area contributed by atoms with Crippen molar-refractivity contribution in [2.24, 2.45) is 0 Å². The van der Waals surface area contributed by atoms with Crippen molar-refractivity contribution >= 4 is 56.5 Å². The highest BCUT2D eigenvalue weighted by Gasteiger charge is 2.37. The van der Waals surface area contributed by atoms with Crippen molar-refractivity contribution in [2.45, 2.75) is 37.7 Å². The van der Waals surface area contributed by atoms with E-state index in [2.05, 4.69) is 4.98 Å². The van der Waals surface area contributed by atoms with E-state index in [1.165, 1.54) is 35.8 Å². The van der Waals surface area contributed by atoms with Gasteiger partial charge in [-0.25, -0.2) is 17.8 Å². The highest BCUT2D eigenvalue weighted by molar-refractivity contribution is 7.93. The van der Waals surface area contributed by atoms with Gasteiger partial charge in [-0.3, -0.25) is 9.10 Å². The fourth-order valence-electron chi connectivity index (χ4n) is 4.33. The number of benzene rings is 2. The largest absolute Gasteiger partial charge is 0.486 e. The maximum atomic E-state index is 14.5. The number of esters is 1. The summed E-state index contributed by atoms with van der Waals surface area (Å²) in [6.07, 6.45) is 2.61. The molecule has 212 valence electrons. The summed E-state index contributed by atoms with van der Waals surface area (Å²) < 4.78 is 60.2. The van der Waals surface area contributed by atoms with Gasteiger partial charge in [0.2, 0.25) is 5.88 Å². The molecule has 0 saturated carbocycles. The van der Waals surface area contributed by atoms with E-state index in [0.717, 1.165) is 0 Å². The molecular formula is C28H27Cl2FN2O6S. The molecule has 0 spiro atoms. The number of sulfonamides is 1. The van der Waals surface area contributed by atoms with Crippen LogP contribution in [0, 0.1) is 5.82 Å². The van der Waals surface area contributed by atoms with Gasteiger partial charge in [-0.15, -0.1) is 0 Å². The normalized spacial score (nSPS) is 15.3. The molecule has 1 aliphatic rings. The molecule has 0 saturated heterocycles. The lowest BCUT2D eigenvalue weighted by Gasteiger charge is -2.35. The fraction of sp³-hybridized carbons (Fsp3) is 0.286. The molecule has 0 fully saturated rings. The van der Waals surface area contributed by atoms with Crippen LogP contribution in [0.5, 0.6) is 11.6 Å². The second-order valence-corrected chi connectivity index (χ2v) is 11.6. The molecule has 0 N–H and O–H groups in total. The molecular weight excluding hydrogens is 582 g/mol. The van der Waals surface area contributed by atoms with Crippen molar-refractivity contribution in [3.8, 4) is 11.6 Å². The maximum Gasteiger partial charge on any atom is 0.305 e. The average molecular weight is 610 g/mol. The van der Waals surface area contributed by atoms with Crippen LogP contribution in [0.3, 0.4) is 0 Å². The summed E-state index contributed by atoms with van der Waals surface area (Å²) in [4.78, 5) is 15.6. The molecule has 12 heteroatoms. The Balaban J connectivity index is 1.81. The minimum atomic E-state index is -4.28. The van der Waals surface area contributed by atoms with Crippen LogP contribution in [-0.2, 0) is 19.6 Å². The maximum absolute atomic E-state index is 14.5. The Bertz CT molecular complexity index is 1540. The number of rotatable bonds is 9. The molecule has 4 rings (SSSR count). The summed E-state index contributed by atoms with van der Waals surface area (Å²) in [7, 11) is -2.99. The zero-order valence-electron chi connectivity index (χ0n) is 22.0. The van der Waals surface area contributed by atoms with Crippen molar-refractivity contribution in [3.63, 3.8) is 0 Å². The van der Waals surface area contributed by atoms with Gasteiger partial charge in [0.25, 0.3) is 10.0 Å². The second kappa shape index (κ2) is 12.4. The molecule has 0 amide bonds. The molecule has 0 aliphatic carbocycles. The number of carbonyl (C=O) groups excluding carboxylic acids is 1. The van der Waals surface area contributed by atoms with Crippen LogP contribution in [-0.4, -0.2) is 45.7 Å². The topological polar surface area (TPSA) is 95.0 Å². The molecule has 0 bridgehead atoms. The first-order valence-electron chi connectivity index (χ1n) is 12.4. The number of aromatic nitrogens is 1. The van der Waals surface area contributed by atoms with E-state index >= 15 is 0 Å². The first kappa shape index (κ1) is 29.6. The lowest BCUT2D eigenvalue weighted by molar-refractivity contribution is -0.141. The van der Waals surface area contributed by atoms with E-state index in [0.29, 0.717) is 11.1 Å². The standard InChI is InChI=1S/C28H27Cl2FN2O6S/c1-4-38-28-25(14-19(29)15-32-28)40(35,36)33-16-20(9-11-26(34)37-3)39-24-10-8-18(13-23(24)33)12-17(2)27-21(30)6-5-7-22(27)31/h5-8,10,12-15,20H,4,9,11,16H2,1-3H3/b17-12+/t20-/m0/s1. The van der Waals surface area contributed by atoms with Crippen LogP contribution in [0.15, 0.2) is 53.6 Å². The van der Waals surface area contributed by atoms with Crippen LogP contribution in [0.4, 0.5) is 10.1 Å². The van der Waals surface area contributed by atoms with Gasteiger partial charge >= 0.3 is 5.97 Å². The number of halogens is 3. The summed E-state index contributed by atoms with van der Waals surface area (Å²) in [5.74, 6) is -0.718. The number of hydrogen-bond acceptors (Lipinski definition) is 7. The van der Waals surface area contributed by atoms with Gasteiger partial charge in [-0.05, 0) is 61.7 Å². The number of fused-ring (bicyclic) bond motifs is 1. The summed E-state index contributed by atoms with van der Waals surface area (Å²) in [6, 6.07) is 10.7. The van der Waals surface area contributed by atoms with E-state index in [-0.39, 0.29) is 63.8 Å². The number of nitrogens with zero attached hydrogens (tertiary/aromatic N) is 2. The van der Waals surface area contributed by atoms with Gasteiger partial charge in [0, 0.05) is 18.2 Å². The number of ether oxygens (including phenoxy) is 3. The van der Waals surface area contributed by atoms with E-state index in [9.17, 15) is 17.6 Å². The Morgan fingerprint density at radius 2 is 2.02 bits per heavy atom. The summed E-state index contributed by atoms with van der Waals surface area (Å²) in [5.41, 5.74) is 1.62. The second-order valence-electron chi connectivity index (χ2n) is 8.93. The van der Waals surface area contributed by atoms with Crippen LogP contribution in [0.2, 0.25) is 10.0 Å². The number of hydrogen-bond donors (Lipinski definition) is 0. The van der Waals surface area contributed by atoms with Crippen molar-refractivity contribution < 1.29 is 31.8 Å². The van der Waals surface area contributed by atoms with Crippen LogP contribution < -0.4 is 13.8 Å². The van der Waals surface area contributed by atoms with Crippen molar-refractivity contribution in [1.82, 2.24) is 4.98 Å². The molecule has 0 unspecified atom stereocenters. The number of pyridine rings is 1. The smallest absolute Gasteiger partial charge is 0.305 e. The molecule has 1 aromatic heterocycles. The molecule has 1 atom stereocenters. The Hall–Kier alpha value is -3.34. The fourth-order valence-corrected chi connectivity index (χ4v) is 6.48. The van der Waals surface area contributed by atoms with Gasteiger partial charge in [0.15, 0.2) is 4.90 Å². The molecule has 2 aromatic carbocycles.